The number of aliphatic hydroxyl groups is 1. The number of aliphatic hydroxyl groups excluding tert-OH is 1. The van der Waals surface area contributed by atoms with Crippen LogP contribution in [0.3, 0.4) is 0 Å². The lowest BCUT2D eigenvalue weighted by molar-refractivity contribution is 0.0862. The molecule has 0 radical (unpaired) electrons. The number of nitrogens with zero attached hydrogens (tertiary/aromatic N) is 2. The first-order valence-electron chi connectivity index (χ1n) is 8.00. The van der Waals surface area contributed by atoms with Crippen LogP contribution in [-0.2, 0) is 11.3 Å². The van der Waals surface area contributed by atoms with Crippen LogP contribution in [0.5, 0.6) is 0 Å². The monoisotopic (exact) mass is 352 g/mol. The number of hydrogen-bond donors (Lipinski definition) is 1. The first kappa shape index (κ1) is 18.8. The van der Waals surface area contributed by atoms with Gasteiger partial charge in [-0.05, 0) is 24.3 Å². The van der Waals surface area contributed by atoms with Gasteiger partial charge in [0.2, 0.25) is 0 Å². The molecule has 0 aliphatic carbocycles. The molecular formula is C18H25FN2O2S. The third-order valence-corrected chi connectivity index (χ3v) is 5.11. The molecule has 6 heteroatoms. The molecule has 1 fully saturated rings. The van der Waals surface area contributed by atoms with E-state index in [0.717, 1.165) is 30.9 Å². The summed E-state index contributed by atoms with van der Waals surface area (Å²) < 4.78 is 18.3. The van der Waals surface area contributed by atoms with E-state index in [1.54, 1.807) is 0 Å². The quantitative estimate of drug-likeness (QED) is 0.601. The highest BCUT2D eigenvalue weighted by atomic mass is 32.1. The van der Waals surface area contributed by atoms with Crippen LogP contribution in [0.15, 0.2) is 37.0 Å². The number of halogens is 1. The Bertz CT molecular complexity index is 626. The van der Waals surface area contributed by atoms with E-state index in [2.05, 4.69) is 30.0 Å². The molecule has 1 saturated heterocycles. The number of thiazole rings is 1. The summed E-state index contributed by atoms with van der Waals surface area (Å²) in [5, 5.41) is 10.1. The maximum absolute atomic E-state index is 13.2. The lowest BCUT2D eigenvalue weighted by Crippen LogP contribution is -2.40. The average molecular weight is 352 g/mol. The number of allylic oxidation sites excluding steroid dienone is 3. The minimum absolute atomic E-state index is 0.230. The second-order valence-electron chi connectivity index (χ2n) is 6.35. The van der Waals surface area contributed by atoms with Crippen LogP contribution >= 0.6 is 11.3 Å². The fourth-order valence-corrected chi connectivity index (χ4v) is 4.10. The van der Waals surface area contributed by atoms with Gasteiger partial charge in [0, 0.05) is 37.3 Å². The molecule has 1 aromatic heterocycles. The van der Waals surface area contributed by atoms with Crippen LogP contribution in [-0.4, -0.2) is 41.8 Å². The molecule has 2 rings (SSSR count). The van der Waals surface area contributed by atoms with Crippen molar-refractivity contribution in [1.82, 2.24) is 9.88 Å². The third-order valence-electron chi connectivity index (χ3n) is 4.09. The Morgan fingerprint density at radius 2 is 2.29 bits per heavy atom. The smallest absolute Gasteiger partial charge is 0.127 e. The molecule has 2 atom stereocenters. The topological polar surface area (TPSA) is 45.6 Å². The highest BCUT2D eigenvalue weighted by Gasteiger charge is 2.24. The maximum Gasteiger partial charge on any atom is 0.127 e. The number of piperidine rings is 1. The van der Waals surface area contributed by atoms with Crippen LogP contribution in [0.1, 0.15) is 23.2 Å². The summed E-state index contributed by atoms with van der Waals surface area (Å²) in [4.78, 5) is 7.82. The Labute approximate surface area is 147 Å². The largest absolute Gasteiger partial charge is 0.497 e. The Kier molecular flexibility index (Phi) is 6.71. The number of rotatable bonds is 7. The van der Waals surface area contributed by atoms with E-state index < -0.39 is 5.83 Å². The molecule has 0 saturated carbocycles. The number of likely N-dealkylation sites (tertiary alicyclic amines) is 1. The van der Waals surface area contributed by atoms with Gasteiger partial charge in [-0.2, -0.15) is 0 Å². The molecule has 1 aliphatic rings. The molecule has 0 aromatic carbocycles. The fourth-order valence-electron chi connectivity index (χ4n) is 3.11. The zero-order valence-electron chi connectivity index (χ0n) is 14.3. The normalized spacial score (nSPS) is 22.4. The van der Waals surface area contributed by atoms with E-state index in [1.165, 1.54) is 24.5 Å². The second kappa shape index (κ2) is 8.55. The number of aromatic nitrogens is 1. The van der Waals surface area contributed by atoms with Crippen molar-refractivity contribution < 1.29 is 14.2 Å². The molecule has 1 aromatic rings. The van der Waals surface area contributed by atoms with Gasteiger partial charge in [-0.1, -0.05) is 20.1 Å². The van der Waals surface area contributed by atoms with Crippen LogP contribution in [0.25, 0.3) is 5.57 Å². The first-order valence-corrected chi connectivity index (χ1v) is 8.82. The van der Waals surface area contributed by atoms with E-state index in [9.17, 15) is 9.50 Å². The van der Waals surface area contributed by atoms with Crippen molar-refractivity contribution in [2.45, 2.75) is 19.9 Å². The summed E-state index contributed by atoms with van der Waals surface area (Å²) in [5.41, 5.74) is 0.515. The molecule has 0 amide bonds. The van der Waals surface area contributed by atoms with Crippen LogP contribution in [0.4, 0.5) is 4.39 Å². The summed E-state index contributed by atoms with van der Waals surface area (Å²) >= 11 is 1.50. The number of methoxy groups -OCH3 is 1. The molecule has 4 nitrogen and oxygen atoms in total. The summed E-state index contributed by atoms with van der Waals surface area (Å²) in [6, 6.07) is 0. The van der Waals surface area contributed by atoms with Gasteiger partial charge in [-0.15, -0.1) is 11.3 Å². The van der Waals surface area contributed by atoms with Crippen LogP contribution in [0.2, 0.25) is 0 Å². The van der Waals surface area contributed by atoms with Gasteiger partial charge in [0.05, 0.1) is 12.7 Å². The first-order chi connectivity index (χ1) is 11.4. The molecular weight excluding hydrogens is 327 g/mol. The Hall–Kier alpha value is -1.50. The zero-order chi connectivity index (χ0) is 17.7. The highest BCUT2D eigenvalue weighted by molar-refractivity contribution is 7.12. The lowest BCUT2D eigenvalue weighted by atomic mass is 9.91. The third kappa shape index (κ3) is 5.00. The van der Waals surface area contributed by atoms with E-state index in [1.807, 2.05) is 6.20 Å². The lowest BCUT2D eigenvalue weighted by Gasteiger charge is -2.35. The molecule has 132 valence electrons. The number of hydrogen-bond acceptors (Lipinski definition) is 5. The highest BCUT2D eigenvalue weighted by Crippen LogP contribution is 2.30. The van der Waals surface area contributed by atoms with Gasteiger partial charge in [-0.3, -0.25) is 4.90 Å². The Morgan fingerprint density at radius 3 is 2.92 bits per heavy atom. The van der Waals surface area contributed by atoms with Gasteiger partial charge in [-0.25, -0.2) is 9.37 Å². The predicted molar refractivity (Wildman–Crippen MR) is 96.1 cm³/mol. The van der Waals surface area contributed by atoms with Gasteiger partial charge >= 0.3 is 0 Å². The molecule has 1 aliphatic heterocycles. The minimum Gasteiger partial charge on any atom is -0.497 e. The van der Waals surface area contributed by atoms with E-state index >= 15 is 0 Å². The van der Waals surface area contributed by atoms with Crippen molar-refractivity contribution in [3.05, 3.63) is 46.9 Å². The van der Waals surface area contributed by atoms with Crippen molar-refractivity contribution in [1.29, 1.82) is 0 Å². The van der Waals surface area contributed by atoms with Gasteiger partial charge < -0.3 is 9.84 Å². The van der Waals surface area contributed by atoms with Crippen molar-refractivity contribution in [3.8, 4) is 0 Å². The summed E-state index contributed by atoms with van der Waals surface area (Å²) in [6.07, 6.45) is 4.17. The molecule has 0 spiro atoms. The zero-order valence-corrected chi connectivity index (χ0v) is 15.1. The standard InChI is InChI=1S/C18H25FN2O2S/c1-12-5-15(11-22)9-21(8-12)10-16-7-20-18(24-16)17(6-13(2)19)14(3)23-4/h6-7,12,15,22H,2-3,5,8-11H2,1,4H3/b17-6+/t12-,15-/m1/s1. The van der Waals surface area contributed by atoms with Crippen molar-refractivity contribution >= 4 is 16.9 Å². The fraction of sp³-hybridized carbons (Fsp3) is 0.500. The van der Waals surface area contributed by atoms with Crippen LogP contribution < -0.4 is 0 Å². The van der Waals surface area contributed by atoms with E-state index in [-0.39, 0.29) is 6.61 Å². The van der Waals surface area contributed by atoms with Crippen molar-refractivity contribution in [2.75, 3.05) is 26.8 Å². The van der Waals surface area contributed by atoms with E-state index in [0.29, 0.717) is 28.2 Å². The Balaban J connectivity index is 2.12. The summed E-state index contributed by atoms with van der Waals surface area (Å²) in [7, 11) is 1.50. The molecule has 1 N–H and O–H groups in total. The number of ether oxygens (including phenoxy) is 1. The van der Waals surface area contributed by atoms with Gasteiger partial charge in [0.15, 0.2) is 0 Å². The molecule has 0 unspecified atom stereocenters. The summed E-state index contributed by atoms with van der Waals surface area (Å²) in [6.45, 7) is 12.2. The maximum atomic E-state index is 13.2. The Morgan fingerprint density at radius 1 is 1.54 bits per heavy atom. The predicted octanol–water partition coefficient (Wildman–Crippen LogP) is 3.62. The van der Waals surface area contributed by atoms with E-state index in [4.69, 9.17) is 4.74 Å². The molecule has 0 bridgehead atoms. The summed E-state index contributed by atoms with van der Waals surface area (Å²) in [5.74, 6) is 0.707. The molecule has 24 heavy (non-hydrogen) atoms. The minimum atomic E-state index is -0.560. The van der Waals surface area contributed by atoms with Gasteiger partial charge in [0.1, 0.15) is 16.6 Å². The molecule has 2 heterocycles. The van der Waals surface area contributed by atoms with Crippen molar-refractivity contribution in [2.24, 2.45) is 11.8 Å². The SMILES string of the molecule is C=C(F)/C=C(\C(=C)OC)c1ncc(CN2C[C@H](C)C[C@@H](CO)C2)s1. The van der Waals surface area contributed by atoms with Gasteiger partial charge in [0.25, 0.3) is 0 Å². The van der Waals surface area contributed by atoms with Crippen LogP contribution in [0, 0.1) is 11.8 Å². The van der Waals surface area contributed by atoms with Crippen molar-refractivity contribution in [3.63, 3.8) is 0 Å². The average Bonchev–Trinajstić information content (AvgIpc) is 2.99. The second-order valence-corrected chi connectivity index (χ2v) is 7.46.